The van der Waals surface area contributed by atoms with Gasteiger partial charge in [-0.1, -0.05) is 31.1 Å². The zero-order chi connectivity index (χ0) is 16.1. The predicted octanol–water partition coefficient (Wildman–Crippen LogP) is 6.44. The van der Waals surface area contributed by atoms with E-state index in [0.717, 1.165) is 23.7 Å². The lowest BCUT2D eigenvalue weighted by molar-refractivity contribution is 0.157. The second kappa shape index (κ2) is 8.04. The first-order valence-electron chi connectivity index (χ1n) is 9.66. The van der Waals surface area contributed by atoms with E-state index in [1.54, 1.807) is 0 Å². The number of rotatable bonds is 5. The summed E-state index contributed by atoms with van der Waals surface area (Å²) in [5.74, 6) is 4.04. The lowest BCUT2D eigenvalue weighted by atomic mass is 9.68. The van der Waals surface area contributed by atoms with E-state index in [4.69, 9.17) is 0 Å². The average molecular weight is 312 g/mol. The van der Waals surface area contributed by atoms with Gasteiger partial charge in [-0.15, -0.1) is 6.58 Å². The average Bonchev–Trinajstić information content (AvgIpc) is 2.61. The Morgan fingerprint density at radius 3 is 2.00 bits per heavy atom. The second-order valence-corrected chi connectivity index (χ2v) is 7.85. The van der Waals surface area contributed by atoms with Gasteiger partial charge < -0.3 is 5.11 Å². The van der Waals surface area contributed by atoms with Crippen LogP contribution in [0.4, 0.5) is 0 Å². The van der Waals surface area contributed by atoms with Crippen LogP contribution >= 0.6 is 0 Å². The summed E-state index contributed by atoms with van der Waals surface area (Å²) in [5, 5.41) is 9.44. The summed E-state index contributed by atoms with van der Waals surface area (Å²) in [4.78, 5) is 0. The summed E-state index contributed by atoms with van der Waals surface area (Å²) < 4.78 is 0. The molecule has 126 valence electrons. The van der Waals surface area contributed by atoms with Crippen LogP contribution < -0.4 is 0 Å². The highest BCUT2D eigenvalue weighted by Gasteiger charge is 2.31. The summed E-state index contributed by atoms with van der Waals surface area (Å²) in [6, 6.07) is 7.91. The van der Waals surface area contributed by atoms with Crippen molar-refractivity contribution in [3.63, 3.8) is 0 Å². The molecule has 0 aliphatic heterocycles. The molecule has 0 heterocycles. The number of hydrogen-bond acceptors (Lipinski definition) is 1. The molecule has 0 atom stereocenters. The highest BCUT2D eigenvalue weighted by molar-refractivity contribution is 5.28. The molecule has 0 unspecified atom stereocenters. The van der Waals surface area contributed by atoms with Crippen LogP contribution in [-0.4, -0.2) is 5.11 Å². The molecular formula is C22H32O. The van der Waals surface area contributed by atoms with Crippen molar-refractivity contribution < 1.29 is 5.11 Å². The molecule has 0 amide bonds. The van der Waals surface area contributed by atoms with Gasteiger partial charge >= 0.3 is 0 Å². The maximum absolute atomic E-state index is 9.44. The quantitative estimate of drug-likeness (QED) is 0.620. The minimum absolute atomic E-state index is 0.385. The van der Waals surface area contributed by atoms with Crippen molar-refractivity contribution >= 4 is 0 Å². The van der Waals surface area contributed by atoms with Gasteiger partial charge in [-0.3, -0.25) is 0 Å². The maximum atomic E-state index is 9.44. The van der Waals surface area contributed by atoms with Crippen LogP contribution in [-0.2, 0) is 0 Å². The van der Waals surface area contributed by atoms with Crippen LogP contribution in [0.15, 0.2) is 36.9 Å². The molecule has 2 aliphatic rings. The monoisotopic (exact) mass is 312 g/mol. The molecule has 2 saturated carbocycles. The van der Waals surface area contributed by atoms with Crippen LogP contribution in [0.2, 0.25) is 0 Å². The lowest BCUT2D eigenvalue weighted by Gasteiger charge is -2.38. The molecule has 1 nitrogen and oxygen atoms in total. The first kappa shape index (κ1) is 16.6. The van der Waals surface area contributed by atoms with Crippen molar-refractivity contribution in [3.8, 4) is 5.75 Å². The molecule has 1 N–H and O–H groups in total. The van der Waals surface area contributed by atoms with E-state index in [9.17, 15) is 5.11 Å². The molecular weight excluding hydrogens is 280 g/mol. The van der Waals surface area contributed by atoms with Crippen molar-refractivity contribution in [2.24, 2.45) is 17.8 Å². The van der Waals surface area contributed by atoms with Crippen molar-refractivity contribution in [2.45, 2.75) is 70.1 Å². The van der Waals surface area contributed by atoms with E-state index in [1.807, 2.05) is 12.1 Å². The van der Waals surface area contributed by atoms with Gasteiger partial charge in [-0.05, 0) is 92.7 Å². The molecule has 0 spiro atoms. The molecule has 0 radical (unpaired) electrons. The highest BCUT2D eigenvalue weighted by Crippen LogP contribution is 2.44. The SMILES string of the molecule is C=CCCC1CCC(C2CCC(c3ccc(O)cc3)CC2)CC1. The third kappa shape index (κ3) is 4.40. The number of hydrogen-bond donors (Lipinski definition) is 1. The standard InChI is InChI=1S/C22H32O/c1-2-3-4-17-5-7-18(8-6-17)19-9-11-20(12-10-19)21-13-15-22(23)16-14-21/h2,13-20,23H,1,3-12H2. The fourth-order valence-electron chi connectivity index (χ4n) is 4.97. The van der Waals surface area contributed by atoms with Crippen molar-refractivity contribution in [1.82, 2.24) is 0 Å². The summed E-state index contributed by atoms with van der Waals surface area (Å²) in [6.45, 7) is 3.86. The largest absolute Gasteiger partial charge is 0.508 e. The van der Waals surface area contributed by atoms with E-state index in [-0.39, 0.29) is 0 Å². The zero-order valence-corrected chi connectivity index (χ0v) is 14.4. The Morgan fingerprint density at radius 2 is 1.43 bits per heavy atom. The molecule has 2 fully saturated rings. The fraction of sp³-hybridized carbons (Fsp3) is 0.636. The molecule has 0 bridgehead atoms. The van der Waals surface area contributed by atoms with Gasteiger partial charge in [-0.2, -0.15) is 0 Å². The number of phenolic OH excluding ortho intramolecular Hbond substituents is 1. The Kier molecular flexibility index (Phi) is 5.80. The summed E-state index contributed by atoms with van der Waals surface area (Å²) in [7, 11) is 0. The van der Waals surface area contributed by atoms with E-state index in [2.05, 4.69) is 24.8 Å². The lowest BCUT2D eigenvalue weighted by Crippen LogP contribution is -2.25. The Labute approximate surface area is 141 Å². The number of allylic oxidation sites excluding steroid dienone is 1. The Morgan fingerprint density at radius 1 is 0.870 bits per heavy atom. The van der Waals surface area contributed by atoms with Crippen LogP contribution in [0.5, 0.6) is 5.75 Å². The van der Waals surface area contributed by atoms with Crippen molar-refractivity contribution in [3.05, 3.63) is 42.5 Å². The van der Waals surface area contributed by atoms with Crippen molar-refractivity contribution in [1.29, 1.82) is 0 Å². The molecule has 2 aliphatic carbocycles. The Balaban J connectivity index is 1.44. The fourth-order valence-corrected chi connectivity index (χ4v) is 4.97. The smallest absolute Gasteiger partial charge is 0.115 e. The minimum Gasteiger partial charge on any atom is -0.508 e. The summed E-state index contributed by atoms with van der Waals surface area (Å²) in [6.07, 6.45) is 16.0. The Bertz CT molecular complexity index is 473. The van der Waals surface area contributed by atoms with Crippen LogP contribution in [0, 0.1) is 17.8 Å². The van der Waals surface area contributed by atoms with E-state index in [0.29, 0.717) is 5.75 Å². The molecule has 0 aromatic heterocycles. The van der Waals surface area contributed by atoms with E-state index < -0.39 is 0 Å². The van der Waals surface area contributed by atoms with Crippen LogP contribution in [0.3, 0.4) is 0 Å². The van der Waals surface area contributed by atoms with Gasteiger partial charge in [0, 0.05) is 0 Å². The normalized spacial score (nSPS) is 31.7. The number of aromatic hydroxyl groups is 1. The Hall–Kier alpha value is -1.24. The molecule has 1 aromatic carbocycles. The summed E-state index contributed by atoms with van der Waals surface area (Å²) in [5.41, 5.74) is 1.43. The predicted molar refractivity (Wildman–Crippen MR) is 97.7 cm³/mol. The van der Waals surface area contributed by atoms with Crippen molar-refractivity contribution in [2.75, 3.05) is 0 Å². The number of phenols is 1. The van der Waals surface area contributed by atoms with Crippen LogP contribution in [0.1, 0.15) is 75.7 Å². The first-order chi connectivity index (χ1) is 11.3. The molecule has 1 heteroatoms. The minimum atomic E-state index is 0.385. The van der Waals surface area contributed by atoms with Gasteiger partial charge in [0.25, 0.3) is 0 Å². The highest BCUT2D eigenvalue weighted by atomic mass is 16.3. The molecule has 1 aromatic rings. The third-order valence-corrected chi connectivity index (χ3v) is 6.47. The molecule has 3 rings (SSSR count). The van der Waals surface area contributed by atoms with Gasteiger partial charge in [0.15, 0.2) is 0 Å². The van der Waals surface area contributed by atoms with Gasteiger partial charge in [-0.25, -0.2) is 0 Å². The third-order valence-electron chi connectivity index (χ3n) is 6.47. The van der Waals surface area contributed by atoms with Gasteiger partial charge in [0.05, 0.1) is 0 Å². The maximum Gasteiger partial charge on any atom is 0.115 e. The molecule has 0 saturated heterocycles. The van der Waals surface area contributed by atoms with E-state index in [1.165, 1.54) is 69.8 Å². The summed E-state index contributed by atoms with van der Waals surface area (Å²) >= 11 is 0. The zero-order valence-electron chi connectivity index (χ0n) is 14.4. The van der Waals surface area contributed by atoms with Gasteiger partial charge in [0.1, 0.15) is 5.75 Å². The number of benzene rings is 1. The second-order valence-electron chi connectivity index (χ2n) is 7.85. The molecule has 23 heavy (non-hydrogen) atoms. The van der Waals surface area contributed by atoms with Gasteiger partial charge in [0.2, 0.25) is 0 Å². The topological polar surface area (TPSA) is 20.2 Å². The van der Waals surface area contributed by atoms with Crippen LogP contribution in [0.25, 0.3) is 0 Å². The van der Waals surface area contributed by atoms with E-state index >= 15 is 0 Å². The first-order valence-corrected chi connectivity index (χ1v) is 9.66.